The molecule has 0 heterocycles. The van der Waals surface area contributed by atoms with Gasteiger partial charge in [0, 0.05) is 13.1 Å². The molecule has 0 amide bonds. The second-order valence-electron chi connectivity index (χ2n) is 3.63. The van der Waals surface area contributed by atoms with Crippen LogP contribution < -0.4 is 5.73 Å². The highest BCUT2D eigenvalue weighted by molar-refractivity contribution is 4.71. The van der Waals surface area contributed by atoms with Gasteiger partial charge in [-0.2, -0.15) is 0 Å². The van der Waals surface area contributed by atoms with Crippen molar-refractivity contribution in [2.45, 2.75) is 19.4 Å². The van der Waals surface area contributed by atoms with Crippen LogP contribution in [0.15, 0.2) is 0 Å². The lowest BCUT2D eigenvalue weighted by atomic mass is 10.1. The van der Waals surface area contributed by atoms with E-state index in [9.17, 15) is 0 Å². The van der Waals surface area contributed by atoms with Crippen LogP contribution in [-0.2, 0) is 4.74 Å². The van der Waals surface area contributed by atoms with Crippen LogP contribution in [0.3, 0.4) is 0 Å². The lowest BCUT2D eigenvalue weighted by molar-refractivity contribution is -0.0285. The molecule has 0 spiro atoms. The molecule has 0 fully saturated rings. The van der Waals surface area contributed by atoms with E-state index in [-0.39, 0.29) is 5.60 Å². The Labute approximate surface area is 69.5 Å². The van der Waals surface area contributed by atoms with E-state index >= 15 is 0 Å². The van der Waals surface area contributed by atoms with Crippen LogP contribution in [-0.4, -0.2) is 44.3 Å². The molecule has 0 aromatic heterocycles. The molecule has 0 unspecified atom stereocenters. The maximum absolute atomic E-state index is 5.52. The fourth-order valence-corrected chi connectivity index (χ4v) is 1.14. The third-order valence-electron chi connectivity index (χ3n) is 1.31. The summed E-state index contributed by atoms with van der Waals surface area (Å²) in [4.78, 5) is 2.11. The Hall–Kier alpha value is -0.120. The van der Waals surface area contributed by atoms with Crippen molar-refractivity contribution in [3.05, 3.63) is 0 Å². The molecule has 0 atom stereocenters. The van der Waals surface area contributed by atoms with Crippen LogP contribution in [0, 0.1) is 0 Å². The Morgan fingerprint density at radius 2 is 1.91 bits per heavy atom. The van der Waals surface area contributed by atoms with Gasteiger partial charge in [-0.25, -0.2) is 0 Å². The van der Waals surface area contributed by atoms with Gasteiger partial charge in [0.15, 0.2) is 0 Å². The molecular formula is C8H20N2O. The SMILES string of the molecule is CN(C)CC(C)(C)OCCN. The zero-order valence-corrected chi connectivity index (χ0v) is 8.05. The van der Waals surface area contributed by atoms with Crippen molar-refractivity contribution in [3.8, 4) is 0 Å². The summed E-state index contributed by atoms with van der Waals surface area (Å²) in [6.07, 6.45) is 0. The van der Waals surface area contributed by atoms with Gasteiger partial charge in [0.25, 0.3) is 0 Å². The highest BCUT2D eigenvalue weighted by Crippen LogP contribution is 2.08. The molecule has 68 valence electrons. The third kappa shape index (κ3) is 6.28. The summed E-state index contributed by atoms with van der Waals surface area (Å²) in [5.41, 5.74) is 5.25. The van der Waals surface area contributed by atoms with E-state index in [0.29, 0.717) is 13.2 Å². The Balaban J connectivity index is 3.61. The van der Waals surface area contributed by atoms with Gasteiger partial charge in [-0.3, -0.25) is 0 Å². The molecule has 0 aromatic rings. The molecule has 0 aliphatic carbocycles. The number of likely N-dealkylation sites (N-methyl/N-ethyl adjacent to an activating group) is 1. The zero-order chi connectivity index (χ0) is 8.91. The molecule has 11 heavy (non-hydrogen) atoms. The zero-order valence-electron chi connectivity index (χ0n) is 8.05. The number of nitrogens with zero attached hydrogens (tertiary/aromatic N) is 1. The first kappa shape index (κ1) is 10.9. The molecule has 0 radical (unpaired) electrons. The van der Waals surface area contributed by atoms with E-state index in [1.165, 1.54) is 0 Å². The maximum atomic E-state index is 5.52. The Bertz CT molecular complexity index is 102. The van der Waals surface area contributed by atoms with Crippen LogP contribution in [0.1, 0.15) is 13.8 Å². The van der Waals surface area contributed by atoms with Crippen molar-refractivity contribution in [2.24, 2.45) is 5.73 Å². The minimum absolute atomic E-state index is 0.0805. The second kappa shape index (κ2) is 4.70. The van der Waals surface area contributed by atoms with Crippen LogP contribution in [0.25, 0.3) is 0 Å². The largest absolute Gasteiger partial charge is 0.373 e. The van der Waals surface area contributed by atoms with E-state index in [4.69, 9.17) is 10.5 Å². The molecule has 3 heteroatoms. The van der Waals surface area contributed by atoms with Gasteiger partial charge in [0.05, 0.1) is 12.2 Å². The Kier molecular flexibility index (Phi) is 4.65. The second-order valence-corrected chi connectivity index (χ2v) is 3.63. The number of hydrogen-bond donors (Lipinski definition) is 1. The predicted molar refractivity (Wildman–Crippen MR) is 47.6 cm³/mol. The summed E-state index contributed by atoms with van der Waals surface area (Å²) in [5.74, 6) is 0. The number of hydrogen-bond acceptors (Lipinski definition) is 3. The van der Waals surface area contributed by atoms with Crippen LogP contribution >= 0.6 is 0 Å². The van der Waals surface area contributed by atoms with Gasteiger partial charge in [-0.1, -0.05) is 0 Å². The van der Waals surface area contributed by atoms with Gasteiger partial charge in [-0.05, 0) is 27.9 Å². The van der Waals surface area contributed by atoms with Crippen molar-refractivity contribution in [1.82, 2.24) is 4.90 Å². The molecule has 0 saturated carbocycles. The molecule has 0 rings (SSSR count). The number of rotatable bonds is 5. The van der Waals surface area contributed by atoms with E-state index in [2.05, 4.69) is 18.7 Å². The number of ether oxygens (including phenoxy) is 1. The minimum atomic E-state index is -0.0805. The standard InChI is InChI=1S/C8H20N2O/c1-8(2,7-10(3)4)11-6-5-9/h5-7,9H2,1-4H3. The normalized spacial score (nSPS) is 12.5. The quantitative estimate of drug-likeness (QED) is 0.628. The lowest BCUT2D eigenvalue weighted by Crippen LogP contribution is -2.38. The Morgan fingerprint density at radius 1 is 1.36 bits per heavy atom. The van der Waals surface area contributed by atoms with Crippen molar-refractivity contribution in [3.63, 3.8) is 0 Å². The fraction of sp³-hybridized carbons (Fsp3) is 1.00. The first-order chi connectivity index (χ1) is 4.98. The summed E-state index contributed by atoms with van der Waals surface area (Å²) in [7, 11) is 4.07. The minimum Gasteiger partial charge on any atom is -0.373 e. The molecular weight excluding hydrogens is 140 g/mol. The summed E-state index contributed by atoms with van der Waals surface area (Å²) in [6.45, 7) is 6.30. The van der Waals surface area contributed by atoms with E-state index in [1.807, 2.05) is 14.1 Å². The number of nitrogens with two attached hydrogens (primary N) is 1. The fourth-order valence-electron chi connectivity index (χ4n) is 1.14. The van der Waals surface area contributed by atoms with E-state index < -0.39 is 0 Å². The molecule has 3 nitrogen and oxygen atoms in total. The third-order valence-corrected chi connectivity index (χ3v) is 1.31. The summed E-state index contributed by atoms with van der Waals surface area (Å²) in [5, 5.41) is 0. The lowest BCUT2D eigenvalue weighted by Gasteiger charge is -2.28. The van der Waals surface area contributed by atoms with Crippen molar-refractivity contribution < 1.29 is 4.74 Å². The molecule has 2 N–H and O–H groups in total. The van der Waals surface area contributed by atoms with Crippen LogP contribution in [0.4, 0.5) is 0 Å². The van der Waals surface area contributed by atoms with E-state index in [0.717, 1.165) is 6.54 Å². The predicted octanol–water partition coefficient (Wildman–Crippen LogP) is 0.302. The van der Waals surface area contributed by atoms with Gasteiger partial charge < -0.3 is 15.4 Å². The highest BCUT2D eigenvalue weighted by Gasteiger charge is 2.18. The average molecular weight is 160 g/mol. The van der Waals surface area contributed by atoms with Gasteiger partial charge >= 0.3 is 0 Å². The monoisotopic (exact) mass is 160 g/mol. The summed E-state index contributed by atoms with van der Waals surface area (Å²) >= 11 is 0. The summed E-state index contributed by atoms with van der Waals surface area (Å²) in [6, 6.07) is 0. The van der Waals surface area contributed by atoms with Crippen molar-refractivity contribution in [1.29, 1.82) is 0 Å². The Morgan fingerprint density at radius 3 is 2.27 bits per heavy atom. The van der Waals surface area contributed by atoms with Crippen molar-refractivity contribution >= 4 is 0 Å². The molecule has 0 aliphatic rings. The first-order valence-corrected chi connectivity index (χ1v) is 3.97. The molecule has 0 aliphatic heterocycles. The molecule has 0 saturated heterocycles. The highest BCUT2D eigenvalue weighted by atomic mass is 16.5. The van der Waals surface area contributed by atoms with Gasteiger partial charge in [0.2, 0.25) is 0 Å². The molecule has 0 aromatic carbocycles. The van der Waals surface area contributed by atoms with Gasteiger partial charge in [-0.15, -0.1) is 0 Å². The topological polar surface area (TPSA) is 38.5 Å². The molecule has 0 bridgehead atoms. The van der Waals surface area contributed by atoms with E-state index in [1.54, 1.807) is 0 Å². The summed E-state index contributed by atoms with van der Waals surface area (Å²) < 4.78 is 5.52. The van der Waals surface area contributed by atoms with Crippen molar-refractivity contribution in [2.75, 3.05) is 33.8 Å². The first-order valence-electron chi connectivity index (χ1n) is 3.97. The smallest absolute Gasteiger partial charge is 0.0753 e. The van der Waals surface area contributed by atoms with Crippen LogP contribution in [0.5, 0.6) is 0 Å². The maximum Gasteiger partial charge on any atom is 0.0753 e. The van der Waals surface area contributed by atoms with Crippen LogP contribution in [0.2, 0.25) is 0 Å². The average Bonchev–Trinajstić information content (AvgIpc) is 1.81. The van der Waals surface area contributed by atoms with Gasteiger partial charge in [0.1, 0.15) is 0 Å².